The molecule has 126 valence electrons. The molecule has 1 aromatic carbocycles. The van der Waals surface area contributed by atoms with Crippen molar-refractivity contribution in [1.29, 1.82) is 0 Å². The number of anilines is 1. The number of likely N-dealkylation sites (tertiary alicyclic amines) is 1. The molecule has 4 nitrogen and oxygen atoms in total. The van der Waals surface area contributed by atoms with Crippen LogP contribution in [0.4, 0.5) is 5.69 Å². The van der Waals surface area contributed by atoms with Crippen LogP contribution < -0.4 is 4.90 Å². The summed E-state index contributed by atoms with van der Waals surface area (Å²) in [5.74, 6) is 0.856. The van der Waals surface area contributed by atoms with Gasteiger partial charge >= 0.3 is 0 Å². The van der Waals surface area contributed by atoms with Gasteiger partial charge in [-0.3, -0.25) is 9.59 Å². The summed E-state index contributed by atoms with van der Waals surface area (Å²) in [7, 11) is 0. The lowest BCUT2D eigenvalue weighted by Crippen LogP contribution is -2.40. The molecule has 0 bridgehead atoms. The molecule has 1 aliphatic heterocycles. The van der Waals surface area contributed by atoms with Crippen molar-refractivity contribution in [3.05, 3.63) is 29.3 Å². The number of carbonyl (C=O) groups is 2. The van der Waals surface area contributed by atoms with Gasteiger partial charge in [-0.1, -0.05) is 19.1 Å². The summed E-state index contributed by atoms with van der Waals surface area (Å²) in [6.45, 7) is 10.0. The molecule has 0 aromatic heterocycles. The molecule has 0 N–H and O–H groups in total. The summed E-state index contributed by atoms with van der Waals surface area (Å²) >= 11 is 0. The van der Waals surface area contributed by atoms with Crippen LogP contribution in [0.15, 0.2) is 18.2 Å². The minimum atomic E-state index is -0.0150. The number of rotatable bonds is 4. The summed E-state index contributed by atoms with van der Waals surface area (Å²) in [6, 6.07) is 5.95. The van der Waals surface area contributed by atoms with Gasteiger partial charge in [0.1, 0.15) is 0 Å². The van der Waals surface area contributed by atoms with E-state index in [0.717, 1.165) is 42.7 Å². The first-order chi connectivity index (χ1) is 10.9. The Morgan fingerprint density at radius 3 is 2.48 bits per heavy atom. The van der Waals surface area contributed by atoms with E-state index in [1.54, 1.807) is 11.8 Å². The number of hydrogen-bond acceptors (Lipinski definition) is 2. The SMILES string of the molecule is CC(=O)N(CCC(=O)N1CCC(C)CC1)c1cccc(C)c1C. The molecule has 23 heavy (non-hydrogen) atoms. The maximum atomic E-state index is 12.4. The van der Waals surface area contributed by atoms with Gasteiger partial charge in [-0.05, 0) is 49.8 Å². The molecule has 1 heterocycles. The van der Waals surface area contributed by atoms with Gasteiger partial charge in [-0.15, -0.1) is 0 Å². The zero-order valence-electron chi connectivity index (χ0n) is 14.8. The topological polar surface area (TPSA) is 40.6 Å². The molecule has 0 unspecified atom stereocenters. The molecule has 1 aromatic rings. The van der Waals surface area contributed by atoms with Crippen molar-refractivity contribution in [1.82, 2.24) is 4.90 Å². The quantitative estimate of drug-likeness (QED) is 0.855. The van der Waals surface area contributed by atoms with E-state index < -0.39 is 0 Å². The highest BCUT2D eigenvalue weighted by molar-refractivity contribution is 5.93. The van der Waals surface area contributed by atoms with Gasteiger partial charge in [-0.25, -0.2) is 0 Å². The number of aryl methyl sites for hydroxylation is 1. The van der Waals surface area contributed by atoms with Crippen LogP contribution in [0.3, 0.4) is 0 Å². The molecule has 0 aliphatic carbocycles. The summed E-state index contributed by atoms with van der Waals surface area (Å²) in [5.41, 5.74) is 3.17. The molecule has 4 heteroatoms. The number of nitrogens with zero attached hydrogens (tertiary/aromatic N) is 2. The fraction of sp³-hybridized carbons (Fsp3) is 0.579. The number of piperidine rings is 1. The van der Waals surface area contributed by atoms with Crippen LogP contribution in [0.2, 0.25) is 0 Å². The van der Waals surface area contributed by atoms with Crippen molar-refractivity contribution >= 4 is 17.5 Å². The van der Waals surface area contributed by atoms with Crippen LogP contribution >= 0.6 is 0 Å². The van der Waals surface area contributed by atoms with Crippen LogP contribution in [-0.4, -0.2) is 36.3 Å². The van der Waals surface area contributed by atoms with Gasteiger partial charge < -0.3 is 9.80 Å². The zero-order valence-corrected chi connectivity index (χ0v) is 14.8. The van der Waals surface area contributed by atoms with E-state index in [-0.39, 0.29) is 11.8 Å². The van der Waals surface area contributed by atoms with Crippen molar-refractivity contribution in [2.24, 2.45) is 5.92 Å². The fourth-order valence-electron chi connectivity index (χ4n) is 3.10. The van der Waals surface area contributed by atoms with E-state index in [9.17, 15) is 9.59 Å². The highest BCUT2D eigenvalue weighted by atomic mass is 16.2. The smallest absolute Gasteiger partial charge is 0.224 e. The standard InChI is InChI=1S/C19H28N2O2/c1-14-8-11-20(12-9-14)19(23)10-13-21(17(4)22)18-7-5-6-15(2)16(18)3/h5-7,14H,8-13H2,1-4H3. The molecule has 0 spiro atoms. The third-order valence-electron chi connectivity index (χ3n) is 4.93. The van der Waals surface area contributed by atoms with Crippen LogP contribution in [0.1, 0.15) is 44.2 Å². The van der Waals surface area contributed by atoms with Gasteiger partial charge in [0.2, 0.25) is 11.8 Å². The fourth-order valence-corrected chi connectivity index (χ4v) is 3.10. The second-order valence-corrected chi connectivity index (χ2v) is 6.70. The second kappa shape index (κ2) is 7.62. The zero-order chi connectivity index (χ0) is 17.0. The molecule has 1 aliphatic rings. The molecule has 0 saturated carbocycles. The normalized spacial score (nSPS) is 15.6. The van der Waals surface area contributed by atoms with E-state index in [2.05, 4.69) is 6.92 Å². The maximum Gasteiger partial charge on any atom is 0.224 e. The third kappa shape index (κ3) is 4.34. The minimum Gasteiger partial charge on any atom is -0.343 e. The van der Waals surface area contributed by atoms with Gasteiger partial charge in [0.15, 0.2) is 0 Å². The molecular formula is C19H28N2O2. The lowest BCUT2D eigenvalue weighted by Gasteiger charge is -2.31. The lowest BCUT2D eigenvalue weighted by molar-refractivity contribution is -0.132. The van der Waals surface area contributed by atoms with Gasteiger partial charge in [0.05, 0.1) is 0 Å². The Kier molecular flexibility index (Phi) is 5.80. The second-order valence-electron chi connectivity index (χ2n) is 6.70. The molecule has 1 saturated heterocycles. The van der Waals surface area contributed by atoms with E-state index in [0.29, 0.717) is 18.9 Å². The van der Waals surface area contributed by atoms with Crippen molar-refractivity contribution in [2.45, 2.75) is 47.0 Å². The summed E-state index contributed by atoms with van der Waals surface area (Å²) in [4.78, 5) is 28.1. The van der Waals surface area contributed by atoms with Crippen LogP contribution in [-0.2, 0) is 9.59 Å². The Hall–Kier alpha value is -1.84. The Morgan fingerprint density at radius 1 is 1.22 bits per heavy atom. The van der Waals surface area contributed by atoms with Crippen molar-refractivity contribution in [3.8, 4) is 0 Å². The average molecular weight is 316 g/mol. The number of hydrogen-bond donors (Lipinski definition) is 0. The molecule has 1 fully saturated rings. The highest BCUT2D eigenvalue weighted by Crippen LogP contribution is 2.23. The van der Waals surface area contributed by atoms with Crippen molar-refractivity contribution in [2.75, 3.05) is 24.5 Å². The van der Waals surface area contributed by atoms with Gasteiger partial charge in [0, 0.05) is 38.7 Å². The molecule has 2 rings (SSSR count). The Morgan fingerprint density at radius 2 is 1.87 bits per heavy atom. The average Bonchev–Trinajstić information content (AvgIpc) is 2.51. The number of amides is 2. The predicted octanol–water partition coefficient (Wildman–Crippen LogP) is 3.30. The first-order valence-corrected chi connectivity index (χ1v) is 8.52. The maximum absolute atomic E-state index is 12.4. The number of carbonyl (C=O) groups excluding carboxylic acids is 2. The Bertz CT molecular complexity index is 575. The Labute approximate surface area is 139 Å². The monoisotopic (exact) mass is 316 g/mol. The van der Waals surface area contributed by atoms with Crippen molar-refractivity contribution in [3.63, 3.8) is 0 Å². The largest absolute Gasteiger partial charge is 0.343 e. The first kappa shape index (κ1) is 17.5. The predicted molar refractivity (Wildman–Crippen MR) is 93.5 cm³/mol. The van der Waals surface area contributed by atoms with Crippen LogP contribution in [0.25, 0.3) is 0 Å². The highest BCUT2D eigenvalue weighted by Gasteiger charge is 2.22. The van der Waals surface area contributed by atoms with Crippen LogP contribution in [0, 0.1) is 19.8 Å². The molecular weight excluding hydrogens is 288 g/mol. The van der Waals surface area contributed by atoms with Gasteiger partial charge in [-0.2, -0.15) is 0 Å². The summed E-state index contributed by atoms with van der Waals surface area (Å²) in [6.07, 6.45) is 2.56. The molecule has 0 atom stereocenters. The molecule has 0 radical (unpaired) electrons. The minimum absolute atomic E-state index is 0.0150. The van der Waals surface area contributed by atoms with Crippen molar-refractivity contribution < 1.29 is 9.59 Å². The van der Waals surface area contributed by atoms with E-state index >= 15 is 0 Å². The van der Waals surface area contributed by atoms with Crippen LogP contribution in [0.5, 0.6) is 0 Å². The number of benzene rings is 1. The first-order valence-electron chi connectivity index (χ1n) is 8.52. The molecule has 2 amide bonds. The third-order valence-corrected chi connectivity index (χ3v) is 4.93. The summed E-state index contributed by atoms with van der Waals surface area (Å²) < 4.78 is 0. The van der Waals surface area contributed by atoms with E-state index in [1.165, 1.54) is 0 Å². The van der Waals surface area contributed by atoms with E-state index in [4.69, 9.17) is 0 Å². The lowest BCUT2D eigenvalue weighted by atomic mass is 9.99. The summed E-state index contributed by atoms with van der Waals surface area (Å²) in [5, 5.41) is 0. The Balaban J connectivity index is 2.02. The van der Waals surface area contributed by atoms with Gasteiger partial charge in [0.25, 0.3) is 0 Å². The van der Waals surface area contributed by atoms with E-state index in [1.807, 2.05) is 36.9 Å².